The molecule has 3 unspecified atom stereocenters. The van der Waals surface area contributed by atoms with Gasteiger partial charge in [0.1, 0.15) is 6.04 Å². The molecule has 1 aromatic rings. The Bertz CT molecular complexity index is 611. The SMILES string of the molecule is O=C(O)C1C2CCCC2CN1C(=O)NCc1csc(=O)[nH]1. The first-order valence-corrected chi connectivity index (χ1v) is 7.88. The van der Waals surface area contributed by atoms with E-state index < -0.39 is 12.0 Å². The van der Waals surface area contributed by atoms with Crippen molar-refractivity contribution in [3.63, 3.8) is 0 Å². The summed E-state index contributed by atoms with van der Waals surface area (Å²) in [5, 5.41) is 13.7. The molecule has 2 aliphatic rings. The number of hydrogen-bond acceptors (Lipinski definition) is 4. The van der Waals surface area contributed by atoms with E-state index in [0.29, 0.717) is 18.2 Å². The predicted octanol–water partition coefficient (Wildman–Crippen LogP) is 0.831. The monoisotopic (exact) mass is 311 g/mol. The van der Waals surface area contributed by atoms with Crippen LogP contribution in [0.15, 0.2) is 10.2 Å². The van der Waals surface area contributed by atoms with E-state index in [1.807, 2.05) is 0 Å². The van der Waals surface area contributed by atoms with Crippen LogP contribution in [0, 0.1) is 11.8 Å². The van der Waals surface area contributed by atoms with E-state index in [2.05, 4.69) is 10.3 Å². The summed E-state index contributed by atoms with van der Waals surface area (Å²) in [6.45, 7) is 0.712. The Labute approximate surface area is 125 Å². The lowest BCUT2D eigenvalue weighted by atomic mass is 9.94. The minimum Gasteiger partial charge on any atom is -0.480 e. The van der Waals surface area contributed by atoms with Crippen LogP contribution < -0.4 is 10.2 Å². The molecule has 2 heterocycles. The van der Waals surface area contributed by atoms with Crippen LogP contribution >= 0.6 is 11.3 Å². The van der Waals surface area contributed by atoms with E-state index >= 15 is 0 Å². The normalized spacial score (nSPS) is 27.6. The zero-order valence-electron chi connectivity index (χ0n) is 11.4. The molecule has 3 N–H and O–H groups in total. The van der Waals surface area contributed by atoms with Gasteiger partial charge in [0.15, 0.2) is 0 Å². The summed E-state index contributed by atoms with van der Waals surface area (Å²) in [5.74, 6) is -0.546. The van der Waals surface area contributed by atoms with E-state index in [4.69, 9.17) is 0 Å². The van der Waals surface area contributed by atoms with Crippen molar-refractivity contribution in [2.24, 2.45) is 11.8 Å². The fourth-order valence-corrected chi connectivity index (χ4v) is 4.09. The molecular weight excluding hydrogens is 294 g/mol. The molecule has 0 spiro atoms. The van der Waals surface area contributed by atoms with E-state index in [1.165, 1.54) is 4.90 Å². The van der Waals surface area contributed by atoms with Gasteiger partial charge in [-0.15, -0.1) is 0 Å². The molecule has 1 saturated carbocycles. The summed E-state index contributed by atoms with van der Waals surface area (Å²) in [6, 6.07) is -1.09. The summed E-state index contributed by atoms with van der Waals surface area (Å²) >= 11 is 1.04. The van der Waals surface area contributed by atoms with Crippen molar-refractivity contribution in [3.05, 3.63) is 20.7 Å². The van der Waals surface area contributed by atoms with Gasteiger partial charge in [-0.1, -0.05) is 17.8 Å². The molecule has 1 saturated heterocycles. The predicted molar refractivity (Wildman–Crippen MR) is 76.1 cm³/mol. The van der Waals surface area contributed by atoms with Crippen LogP contribution in [0.5, 0.6) is 0 Å². The van der Waals surface area contributed by atoms with Crippen LogP contribution in [-0.2, 0) is 11.3 Å². The van der Waals surface area contributed by atoms with Gasteiger partial charge in [0.25, 0.3) is 0 Å². The Morgan fingerprint density at radius 2 is 2.29 bits per heavy atom. The standard InChI is InChI=1S/C13H17N3O4S/c17-11(18)10-9-3-1-2-7(9)5-16(10)12(19)14-4-8-6-21-13(20)15-8/h6-7,9-10H,1-5H2,(H,14,19)(H,15,20)(H,17,18). The Balaban J connectivity index is 1.66. The third-order valence-corrected chi connectivity index (χ3v) is 5.12. The molecule has 2 fully saturated rings. The number of amides is 2. The summed E-state index contributed by atoms with van der Waals surface area (Å²) in [7, 11) is 0. The van der Waals surface area contributed by atoms with Gasteiger partial charge in [-0.25, -0.2) is 9.59 Å². The zero-order chi connectivity index (χ0) is 15.0. The van der Waals surface area contributed by atoms with Crippen molar-refractivity contribution in [2.45, 2.75) is 31.8 Å². The number of H-pyrrole nitrogens is 1. The first-order valence-electron chi connectivity index (χ1n) is 7.00. The quantitative estimate of drug-likeness (QED) is 0.769. The maximum absolute atomic E-state index is 12.2. The number of nitrogens with zero attached hydrogens (tertiary/aromatic N) is 1. The molecular formula is C13H17N3O4S. The largest absolute Gasteiger partial charge is 0.480 e. The number of carbonyl (C=O) groups is 2. The van der Waals surface area contributed by atoms with Gasteiger partial charge in [0, 0.05) is 17.6 Å². The Hall–Kier alpha value is -1.83. The van der Waals surface area contributed by atoms with E-state index in [-0.39, 0.29) is 23.4 Å². The Kier molecular flexibility index (Phi) is 3.71. The number of carboxylic acid groups (broad SMARTS) is 1. The van der Waals surface area contributed by atoms with Gasteiger partial charge in [0.2, 0.25) is 0 Å². The number of fused-ring (bicyclic) bond motifs is 1. The number of rotatable bonds is 3. The van der Waals surface area contributed by atoms with Crippen molar-refractivity contribution in [1.29, 1.82) is 0 Å². The van der Waals surface area contributed by atoms with Gasteiger partial charge in [-0.05, 0) is 24.7 Å². The number of aromatic amines is 1. The van der Waals surface area contributed by atoms with Crippen molar-refractivity contribution in [1.82, 2.24) is 15.2 Å². The third-order valence-electron chi connectivity index (χ3n) is 4.41. The highest BCUT2D eigenvalue weighted by molar-refractivity contribution is 7.07. The van der Waals surface area contributed by atoms with E-state index in [1.54, 1.807) is 5.38 Å². The molecule has 1 aromatic heterocycles. The lowest BCUT2D eigenvalue weighted by molar-refractivity contribution is -0.142. The molecule has 3 rings (SSSR count). The van der Waals surface area contributed by atoms with Gasteiger partial charge in [0.05, 0.1) is 6.54 Å². The van der Waals surface area contributed by atoms with Gasteiger partial charge in [-0.2, -0.15) is 0 Å². The summed E-state index contributed by atoms with van der Waals surface area (Å²) < 4.78 is 0. The van der Waals surface area contributed by atoms with Crippen LogP contribution in [0.4, 0.5) is 4.79 Å². The summed E-state index contributed by atoms with van der Waals surface area (Å²) in [6.07, 6.45) is 2.92. The average Bonchev–Trinajstić information content (AvgIpc) is 3.09. The molecule has 3 atom stereocenters. The van der Waals surface area contributed by atoms with Crippen molar-refractivity contribution >= 4 is 23.3 Å². The molecule has 2 amide bonds. The van der Waals surface area contributed by atoms with E-state index in [0.717, 1.165) is 30.6 Å². The second kappa shape index (κ2) is 5.51. The zero-order valence-corrected chi connectivity index (χ0v) is 12.2. The lowest BCUT2D eigenvalue weighted by Gasteiger charge is -2.24. The Morgan fingerprint density at radius 3 is 2.95 bits per heavy atom. The van der Waals surface area contributed by atoms with Crippen molar-refractivity contribution in [2.75, 3.05) is 6.54 Å². The molecule has 21 heavy (non-hydrogen) atoms. The molecule has 7 nitrogen and oxygen atoms in total. The molecule has 1 aliphatic heterocycles. The van der Waals surface area contributed by atoms with Crippen LogP contribution in [0.1, 0.15) is 25.0 Å². The first-order chi connectivity index (χ1) is 10.1. The number of aromatic nitrogens is 1. The third kappa shape index (κ3) is 2.67. The fraction of sp³-hybridized carbons (Fsp3) is 0.615. The maximum atomic E-state index is 12.2. The maximum Gasteiger partial charge on any atom is 0.326 e. The van der Waals surface area contributed by atoms with Gasteiger partial charge in [-0.3, -0.25) is 4.79 Å². The minimum absolute atomic E-state index is 0.0780. The number of urea groups is 1. The van der Waals surface area contributed by atoms with Crippen molar-refractivity contribution < 1.29 is 14.7 Å². The average molecular weight is 311 g/mol. The molecule has 0 aromatic carbocycles. The highest BCUT2D eigenvalue weighted by atomic mass is 32.1. The number of thiazole rings is 1. The molecule has 0 radical (unpaired) electrons. The van der Waals surface area contributed by atoms with Crippen LogP contribution in [0.3, 0.4) is 0 Å². The minimum atomic E-state index is -0.927. The number of carboxylic acids is 1. The highest BCUT2D eigenvalue weighted by Crippen LogP contribution is 2.42. The smallest absolute Gasteiger partial charge is 0.326 e. The molecule has 114 valence electrons. The van der Waals surface area contributed by atoms with Crippen LogP contribution in [-0.4, -0.2) is 39.6 Å². The topological polar surface area (TPSA) is 102 Å². The first kappa shape index (κ1) is 14.1. The summed E-state index contributed by atoms with van der Waals surface area (Å²) in [5.41, 5.74) is 0.629. The molecule has 8 heteroatoms. The summed E-state index contributed by atoms with van der Waals surface area (Å²) in [4.78, 5) is 38.6. The number of nitrogens with one attached hydrogen (secondary N) is 2. The number of carbonyl (C=O) groups excluding carboxylic acids is 1. The molecule has 0 bridgehead atoms. The number of hydrogen-bond donors (Lipinski definition) is 3. The van der Waals surface area contributed by atoms with Crippen molar-refractivity contribution in [3.8, 4) is 0 Å². The number of aliphatic carboxylic acids is 1. The van der Waals surface area contributed by atoms with Gasteiger partial charge < -0.3 is 20.3 Å². The van der Waals surface area contributed by atoms with E-state index in [9.17, 15) is 19.5 Å². The second-order valence-corrected chi connectivity index (χ2v) is 6.46. The molecule has 1 aliphatic carbocycles. The Morgan fingerprint density at radius 1 is 1.48 bits per heavy atom. The lowest BCUT2D eigenvalue weighted by Crippen LogP contribution is -2.47. The van der Waals surface area contributed by atoms with Gasteiger partial charge >= 0.3 is 16.9 Å². The van der Waals surface area contributed by atoms with Crippen LogP contribution in [0.2, 0.25) is 0 Å². The highest BCUT2D eigenvalue weighted by Gasteiger charge is 2.49. The second-order valence-electron chi connectivity index (χ2n) is 5.62. The fourth-order valence-electron chi connectivity index (χ4n) is 3.50. The van der Waals surface area contributed by atoms with Crippen LogP contribution in [0.25, 0.3) is 0 Å². The number of likely N-dealkylation sites (tertiary alicyclic amines) is 1.